The fourth-order valence-corrected chi connectivity index (χ4v) is 2.47. The molecule has 1 aromatic rings. The lowest BCUT2D eigenvalue weighted by atomic mass is 9.81. The van der Waals surface area contributed by atoms with Crippen LogP contribution >= 0.6 is 0 Å². The van der Waals surface area contributed by atoms with Crippen LogP contribution in [0.15, 0.2) is 24.3 Å². The van der Waals surface area contributed by atoms with E-state index in [9.17, 15) is 13.2 Å². The van der Waals surface area contributed by atoms with E-state index in [0.717, 1.165) is 24.8 Å². The maximum Gasteiger partial charge on any atom is 0.416 e. The van der Waals surface area contributed by atoms with E-state index in [1.807, 2.05) is 6.92 Å². The second-order valence-corrected chi connectivity index (χ2v) is 5.29. The first kappa shape index (κ1) is 13.4. The highest BCUT2D eigenvalue weighted by Crippen LogP contribution is 2.32. The summed E-state index contributed by atoms with van der Waals surface area (Å²) in [5.41, 5.74) is 0.125. The first-order valence-electron chi connectivity index (χ1n) is 6.29. The van der Waals surface area contributed by atoms with Crippen LogP contribution in [0, 0.1) is 5.92 Å². The standard InChI is InChI=1S/C14H18F3N/c1-9-6-13(7-9)18-10(2)11-4-3-5-12(8-11)14(15,16)17/h3-5,8-10,13,18H,6-7H2,1-2H3. The van der Waals surface area contributed by atoms with Crippen molar-refractivity contribution in [1.29, 1.82) is 0 Å². The third-order valence-corrected chi connectivity index (χ3v) is 3.57. The Labute approximate surface area is 105 Å². The number of benzene rings is 1. The van der Waals surface area contributed by atoms with E-state index in [-0.39, 0.29) is 6.04 Å². The Morgan fingerprint density at radius 3 is 2.50 bits per heavy atom. The zero-order valence-corrected chi connectivity index (χ0v) is 10.6. The lowest BCUT2D eigenvalue weighted by Gasteiger charge is -2.35. The van der Waals surface area contributed by atoms with Gasteiger partial charge in [-0.25, -0.2) is 0 Å². The van der Waals surface area contributed by atoms with Gasteiger partial charge in [-0.3, -0.25) is 0 Å². The minimum atomic E-state index is -4.26. The highest BCUT2D eigenvalue weighted by Gasteiger charge is 2.31. The molecule has 1 aliphatic carbocycles. The number of hydrogen-bond donors (Lipinski definition) is 1. The number of nitrogens with one attached hydrogen (secondary N) is 1. The fraction of sp³-hybridized carbons (Fsp3) is 0.571. The third kappa shape index (κ3) is 3.05. The number of hydrogen-bond acceptors (Lipinski definition) is 1. The minimum absolute atomic E-state index is 0.0372. The highest BCUT2D eigenvalue weighted by atomic mass is 19.4. The van der Waals surface area contributed by atoms with E-state index in [4.69, 9.17) is 0 Å². The van der Waals surface area contributed by atoms with E-state index >= 15 is 0 Å². The predicted molar refractivity (Wildman–Crippen MR) is 65.2 cm³/mol. The Bertz CT molecular complexity index is 408. The highest BCUT2D eigenvalue weighted by molar-refractivity contribution is 5.27. The summed E-state index contributed by atoms with van der Waals surface area (Å²) in [6.45, 7) is 4.10. The summed E-state index contributed by atoms with van der Waals surface area (Å²) in [6, 6.07) is 5.98. The van der Waals surface area contributed by atoms with Crippen LogP contribution in [0.5, 0.6) is 0 Å². The molecule has 0 spiro atoms. The van der Waals surface area contributed by atoms with Crippen molar-refractivity contribution in [2.24, 2.45) is 5.92 Å². The lowest BCUT2D eigenvalue weighted by molar-refractivity contribution is -0.137. The van der Waals surface area contributed by atoms with Crippen LogP contribution in [0.1, 0.15) is 43.9 Å². The molecule has 0 aromatic heterocycles. The average Bonchev–Trinajstić information content (AvgIpc) is 2.26. The summed E-state index contributed by atoms with van der Waals surface area (Å²) in [7, 11) is 0. The van der Waals surface area contributed by atoms with Crippen molar-refractivity contribution < 1.29 is 13.2 Å². The molecule has 2 rings (SSSR count). The van der Waals surface area contributed by atoms with Crippen molar-refractivity contribution in [3.05, 3.63) is 35.4 Å². The third-order valence-electron chi connectivity index (χ3n) is 3.57. The topological polar surface area (TPSA) is 12.0 Å². The Hall–Kier alpha value is -1.03. The molecule has 1 aliphatic rings. The summed E-state index contributed by atoms with van der Waals surface area (Å²) in [6.07, 6.45) is -2.03. The van der Waals surface area contributed by atoms with Gasteiger partial charge in [0.1, 0.15) is 0 Å². The average molecular weight is 257 g/mol. The zero-order valence-electron chi connectivity index (χ0n) is 10.6. The molecular weight excluding hydrogens is 239 g/mol. The van der Waals surface area contributed by atoms with Gasteiger partial charge in [0.2, 0.25) is 0 Å². The van der Waals surface area contributed by atoms with E-state index in [1.165, 1.54) is 12.1 Å². The minimum Gasteiger partial charge on any atom is -0.307 e. The SMILES string of the molecule is CC1CC(NC(C)c2cccc(C(F)(F)F)c2)C1. The Kier molecular flexibility index (Phi) is 3.66. The van der Waals surface area contributed by atoms with Gasteiger partial charge in [0.15, 0.2) is 0 Å². The molecule has 0 saturated heterocycles. The van der Waals surface area contributed by atoms with Crippen molar-refractivity contribution in [1.82, 2.24) is 5.32 Å². The molecule has 0 bridgehead atoms. The number of halogens is 3. The number of alkyl halides is 3. The Morgan fingerprint density at radius 1 is 1.28 bits per heavy atom. The first-order chi connectivity index (χ1) is 8.36. The predicted octanol–water partition coefficient (Wildman–Crippen LogP) is 4.15. The quantitative estimate of drug-likeness (QED) is 0.857. The van der Waals surface area contributed by atoms with Crippen molar-refractivity contribution in [3.8, 4) is 0 Å². The molecule has 0 radical (unpaired) electrons. The molecule has 1 nitrogen and oxygen atoms in total. The van der Waals surface area contributed by atoms with Crippen LogP contribution in [0.2, 0.25) is 0 Å². The smallest absolute Gasteiger partial charge is 0.307 e. The van der Waals surface area contributed by atoms with Gasteiger partial charge < -0.3 is 5.32 Å². The zero-order chi connectivity index (χ0) is 13.3. The molecule has 18 heavy (non-hydrogen) atoms. The van der Waals surface area contributed by atoms with Gasteiger partial charge in [-0.05, 0) is 43.4 Å². The molecule has 1 N–H and O–H groups in total. The van der Waals surface area contributed by atoms with E-state index in [0.29, 0.717) is 11.6 Å². The summed E-state index contributed by atoms with van der Waals surface area (Å²) in [5.74, 6) is 0.733. The Morgan fingerprint density at radius 2 is 1.94 bits per heavy atom. The molecule has 1 unspecified atom stereocenters. The van der Waals surface area contributed by atoms with Crippen molar-refractivity contribution >= 4 is 0 Å². The molecule has 100 valence electrons. The molecule has 0 heterocycles. The van der Waals surface area contributed by atoms with Crippen LogP contribution < -0.4 is 5.32 Å². The van der Waals surface area contributed by atoms with Crippen LogP contribution in [0.3, 0.4) is 0 Å². The molecule has 1 atom stereocenters. The molecule has 4 heteroatoms. The lowest BCUT2D eigenvalue weighted by Crippen LogP contribution is -2.41. The van der Waals surface area contributed by atoms with Crippen LogP contribution in [0.4, 0.5) is 13.2 Å². The van der Waals surface area contributed by atoms with Gasteiger partial charge in [-0.2, -0.15) is 13.2 Å². The molecule has 0 aliphatic heterocycles. The maximum absolute atomic E-state index is 12.6. The van der Waals surface area contributed by atoms with Gasteiger partial charge in [0.05, 0.1) is 5.56 Å². The summed E-state index contributed by atoms with van der Waals surface area (Å²) >= 11 is 0. The van der Waals surface area contributed by atoms with Crippen LogP contribution in [-0.2, 0) is 6.18 Å². The first-order valence-corrected chi connectivity index (χ1v) is 6.29. The van der Waals surface area contributed by atoms with Crippen molar-refractivity contribution in [3.63, 3.8) is 0 Å². The van der Waals surface area contributed by atoms with E-state index in [1.54, 1.807) is 6.07 Å². The molecule has 1 saturated carbocycles. The maximum atomic E-state index is 12.6. The van der Waals surface area contributed by atoms with E-state index < -0.39 is 11.7 Å². The number of rotatable bonds is 3. The summed E-state index contributed by atoms with van der Waals surface area (Å²) in [4.78, 5) is 0. The van der Waals surface area contributed by atoms with Gasteiger partial charge >= 0.3 is 6.18 Å². The fourth-order valence-electron chi connectivity index (χ4n) is 2.47. The van der Waals surface area contributed by atoms with Gasteiger partial charge in [0.25, 0.3) is 0 Å². The van der Waals surface area contributed by atoms with Crippen molar-refractivity contribution in [2.45, 2.75) is 44.9 Å². The second kappa shape index (κ2) is 4.92. The van der Waals surface area contributed by atoms with Gasteiger partial charge in [0, 0.05) is 12.1 Å². The van der Waals surface area contributed by atoms with Crippen LogP contribution in [-0.4, -0.2) is 6.04 Å². The monoisotopic (exact) mass is 257 g/mol. The molecular formula is C14H18F3N. The van der Waals surface area contributed by atoms with Gasteiger partial charge in [-0.15, -0.1) is 0 Å². The summed E-state index contributed by atoms with van der Waals surface area (Å²) in [5, 5.41) is 3.37. The Balaban J connectivity index is 2.03. The largest absolute Gasteiger partial charge is 0.416 e. The van der Waals surface area contributed by atoms with Crippen LogP contribution in [0.25, 0.3) is 0 Å². The summed E-state index contributed by atoms with van der Waals surface area (Å²) < 4.78 is 37.8. The van der Waals surface area contributed by atoms with Crippen molar-refractivity contribution in [2.75, 3.05) is 0 Å². The molecule has 1 aromatic carbocycles. The second-order valence-electron chi connectivity index (χ2n) is 5.29. The molecule has 1 fully saturated rings. The van der Waals surface area contributed by atoms with Gasteiger partial charge in [-0.1, -0.05) is 19.1 Å². The van der Waals surface area contributed by atoms with E-state index in [2.05, 4.69) is 12.2 Å². The normalized spacial score (nSPS) is 25.6. The molecule has 0 amide bonds.